The molecule has 3 aromatic rings. The van der Waals surface area contributed by atoms with Gasteiger partial charge in [0.15, 0.2) is 0 Å². The lowest BCUT2D eigenvalue weighted by molar-refractivity contribution is 0.102. The molecule has 2 heterocycles. The number of carbonyl (C=O) groups excluding carboxylic acids is 1. The first-order valence-electron chi connectivity index (χ1n) is 7.30. The van der Waals surface area contributed by atoms with Gasteiger partial charge in [0, 0.05) is 5.69 Å². The molecule has 3 rings (SSSR count). The topological polar surface area (TPSA) is 68.0 Å². The molecule has 6 heteroatoms. The Labute approximate surface area is 138 Å². The fourth-order valence-electron chi connectivity index (χ4n) is 2.34. The summed E-state index contributed by atoms with van der Waals surface area (Å²) in [6.45, 7) is 5.80. The van der Waals surface area contributed by atoms with Crippen molar-refractivity contribution >= 4 is 34.3 Å². The molecule has 0 unspecified atom stereocenters. The molecular weight excluding hydrogens is 314 g/mol. The third kappa shape index (κ3) is 2.92. The first-order chi connectivity index (χ1) is 11.0. The summed E-state index contributed by atoms with van der Waals surface area (Å²) >= 11 is 6.11. The summed E-state index contributed by atoms with van der Waals surface area (Å²) in [7, 11) is 0. The molecule has 0 fully saturated rings. The SMILES string of the molecule is Cc1noc2nc(C(C)C)cc(C(=O)Nc3ccccc3Cl)c12. The van der Waals surface area contributed by atoms with Crippen LogP contribution in [0.15, 0.2) is 34.9 Å². The van der Waals surface area contributed by atoms with Crippen LogP contribution in [0.4, 0.5) is 5.69 Å². The fraction of sp³-hybridized carbons (Fsp3) is 0.235. The molecule has 0 radical (unpaired) electrons. The van der Waals surface area contributed by atoms with Crippen LogP contribution >= 0.6 is 11.6 Å². The largest absolute Gasteiger partial charge is 0.336 e. The second-order valence-electron chi connectivity index (χ2n) is 5.63. The van der Waals surface area contributed by atoms with Gasteiger partial charge in [-0.25, -0.2) is 4.98 Å². The predicted molar refractivity (Wildman–Crippen MR) is 90.0 cm³/mol. The summed E-state index contributed by atoms with van der Waals surface area (Å²) in [6.07, 6.45) is 0. The van der Waals surface area contributed by atoms with Crippen molar-refractivity contribution in [3.05, 3.63) is 52.3 Å². The predicted octanol–water partition coefficient (Wildman–Crippen LogP) is 4.56. The maximum Gasteiger partial charge on any atom is 0.259 e. The fourth-order valence-corrected chi connectivity index (χ4v) is 2.52. The lowest BCUT2D eigenvalue weighted by Crippen LogP contribution is -2.14. The van der Waals surface area contributed by atoms with Gasteiger partial charge in [-0.05, 0) is 31.0 Å². The van der Waals surface area contributed by atoms with E-state index in [2.05, 4.69) is 15.5 Å². The van der Waals surface area contributed by atoms with Gasteiger partial charge in [-0.2, -0.15) is 0 Å². The minimum atomic E-state index is -0.265. The van der Waals surface area contributed by atoms with Gasteiger partial charge in [-0.15, -0.1) is 0 Å². The van der Waals surface area contributed by atoms with E-state index in [-0.39, 0.29) is 11.8 Å². The molecule has 23 heavy (non-hydrogen) atoms. The number of hydrogen-bond donors (Lipinski definition) is 1. The number of hydrogen-bond acceptors (Lipinski definition) is 4. The highest BCUT2D eigenvalue weighted by Gasteiger charge is 2.20. The quantitative estimate of drug-likeness (QED) is 0.764. The lowest BCUT2D eigenvalue weighted by atomic mass is 10.0. The Morgan fingerprint density at radius 3 is 2.74 bits per heavy atom. The Kier molecular flexibility index (Phi) is 4.05. The number of halogens is 1. The van der Waals surface area contributed by atoms with Crippen LogP contribution in [0.1, 0.15) is 41.5 Å². The van der Waals surface area contributed by atoms with Gasteiger partial charge >= 0.3 is 0 Å². The molecule has 0 saturated carbocycles. The number of amides is 1. The second kappa shape index (κ2) is 6.01. The number of aromatic nitrogens is 2. The molecule has 0 saturated heterocycles. The van der Waals surface area contributed by atoms with Gasteiger partial charge in [0.2, 0.25) is 0 Å². The summed E-state index contributed by atoms with van der Waals surface area (Å²) in [5.41, 5.74) is 2.82. The third-order valence-electron chi connectivity index (χ3n) is 3.60. The van der Waals surface area contributed by atoms with E-state index in [0.29, 0.717) is 33.1 Å². The van der Waals surface area contributed by atoms with Crippen LogP contribution in [-0.4, -0.2) is 16.0 Å². The summed E-state index contributed by atoms with van der Waals surface area (Å²) in [6, 6.07) is 8.88. The van der Waals surface area contributed by atoms with Gasteiger partial charge in [0.1, 0.15) is 0 Å². The third-order valence-corrected chi connectivity index (χ3v) is 3.92. The van der Waals surface area contributed by atoms with Crippen LogP contribution in [0.5, 0.6) is 0 Å². The zero-order valence-electron chi connectivity index (χ0n) is 13.1. The number of benzene rings is 1. The second-order valence-corrected chi connectivity index (χ2v) is 6.04. The number of aryl methyl sites for hydroxylation is 1. The molecule has 0 aliphatic heterocycles. The molecular formula is C17H16ClN3O2. The minimum absolute atomic E-state index is 0.164. The van der Waals surface area contributed by atoms with Gasteiger partial charge in [0.25, 0.3) is 11.6 Å². The molecule has 2 aromatic heterocycles. The molecule has 1 aromatic carbocycles. The van der Waals surface area contributed by atoms with Crippen molar-refractivity contribution in [2.45, 2.75) is 26.7 Å². The van der Waals surface area contributed by atoms with Crippen LogP contribution in [0.2, 0.25) is 5.02 Å². The average Bonchev–Trinajstić information content (AvgIpc) is 2.90. The van der Waals surface area contributed by atoms with E-state index in [4.69, 9.17) is 16.1 Å². The monoisotopic (exact) mass is 329 g/mol. The lowest BCUT2D eigenvalue weighted by Gasteiger charge is -2.10. The Morgan fingerprint density at radius 1 is 1.30 bits per heavy atom. The van der Waals surface area contributed by atoms with Crippen molar-refractivity contribution in [3.63, 3.8) is 0 Å². The highest BCUT2D eigenvalue weighted by atomic mass is 35.5. The highest BCUT2D eigenvalue weighted by Crippen LogP contribution is 2.27. The van der Waals surface area contributed by atoms with Crippen molar-refractivity contribution in [2.75, 3.05) is 5.32 Å². The van der Waals surface area contributed by atoms with E-state index >= 15 is 0 Å². The molecule has 0 atom stereocenters. The van der Waals surface area contributed by atoms with E-state index in [1.165, 1.54) is 0 Å². The van der Waals surface area contributed by atoms with Gasteiger partial charge in [-0.1, -0.05) is 42.7 Å². The summed E-state index contributed by atoms with van der Waals surface area (Å²) < 4.78 is 5.24. The van der Waals surface area contributed by atoms with E-state index < -0.39 is 0 Å². The Hall–Kier alpha value is -2.40. The summed E-state index contributed by atoms with van der Waals surface area (Å²) in [4.78, 5) is 17.2. The summed E-state index contributed by atoms with van der Waals surface area (Å²) in [5.74, 6) is -0.102. The zero-order chi connectivity index (χ0) is 16.6. The number of carbonyl (C=O) groups is 1. The molecule has 0 aliphatic rings. The molecule has 1 amide bonds. The Morgan fingerprint density at radius 2 is 2.04 bits per heavy atom. The number of rotatable bonds is 3. The van der Waals surface area contributed by atoms with Crippen molar-refractivity contribution < 1.29 is 9.32 Å². The number of nitrogens with one attached hydrogen (secondary N) is 1. The van der Waals surface area contributed by atoms with E-state index in [1.54, 1.807) is 25.1 Å². The van der Waals surface area contributed by atoms with Crippen molar-refractivity contribution in [1.29, 1.82) is 0 Å². The Balaban J connectivity index is 2.09. The molecule has 0 aliphatic carbocycles. The normalized spacial score (nSPS) is 11.2. The van der Waals surface area contributed by atoms with Crippen LogP contribution < -0.4 is 5.32 Å². The summed E-state index contributed by atoms with van der Waals surface area (Å²) in [5, 5.41) is 7.86. The van der Waals surface area contributed by atoms with Crippen LogP contribution in [-0.2, 0) is 0 Å². The molecule has 0 spiro atoms. The van der Waals surface area contributed by atoms with E-state index in [9.17, 15) is 4.79 Å². The number of nitrogens with zero attached hydrogens (tertiary/aromatic N) is 2. The average molecular weight is 330 g/mol. The van der Waals surface area contributed by atoms with Gasteiger partial charge < -0.3 is 9.84 Å². The number of para-hydroxylation sites is 1. The van der Waals surface area contributed by atoms with Gasteiger partial charge in [0.05, 0.1) is 27.4 Å². The molecule has 118 valence electrons. The van der Waals surface area contributed by atoms with Crippen LogP contribution in [0.3, 0.4) is 0 Å². The number of anilines is 1. The number of fused-ring (bicyclic) bond motifs is 1. The molecule has 5 nitrogen and oxygen atoms in total. The smallest absolute Gasteiger partial charge is 0.259 e. The molecule has 0 bridgehead atoms. The van der Waals surface area contributed by atoms with Crippen LogP contribution in [0.25, 0.3) is 11.1 Å². The first kappa shape index (κ1) is 15.5. The zero-order valence-corrected chi connectivity index (χ0v) is 13.8. The van der Waals surface area contributed by atoms with Crippen molar-refractivity contribution in [3.8, 4) is 0 Å². The molecule has 1 N–H and O–H groups in total. The van der Waals surface area contributed by atoms with Crippen LogP contribution in [0, 0.1) is 6.92 Å². The van der Waals surface area contributed by atoms with Crippen molar-refractivity contribution in [1.82, 2.24) is 10.1 Å². The van der Waals surface area contributed by atoms with Gasteiger partial charge in [-0.3, -0.25) is 4.79 Å². The van der Waals surface area contributed by atoms with Crippen molar-refractivity contribution in [2.24, 2.45) is 0 Å². The highest BCUT2D eigenvalue weighted by molar-refractivity contribution is 6.34. The number of pyridine rings is 1. The first-order valence-corrected chi connectivity index (χ1v) is 7.68. The Bertz CT molecular complexity index is 887. The standard InChI is InChI=1S/C17H16ClN3O2/c1-9(2)14-8-11(15-10(3)21-23-17(15)20-14)16(22)19-13-7-5-4-6-12(13)18/h4-9H,1-3H3,(H,19,22). The maximum absolute atomic E-state index is 12.7. The maximum atomic E-state index is 12.7. The van der Waals surface area contributed by atoms with E-state index in [0.717, 1.165) is 5.69 Å². The van der Waals surface area contributed by atoms with E-state index in [1.807, 2.05) is 26.0 Å². The minimum Gasteiger partial charge on any atom is -0.336 e.